The van der Waals surface area contributed by atoms with Gasteiger partial charge in [0.15, 0.2) is 0 Å². The summed E-state index contributed by atoms with van der Waals surface area (Å²) in [4.78, 5) is 28.7. The van der Waals surface area contributed by atoms with E-state index in [1.807, 2.05) is 6.92 Å². The summed E-state index contributed by atoms with van der Waals surface area (Å²) in [6, 6.07) is 8.11. The summed E-state index contributed by atoms with van der Waals surface area (Å²) in [7, 11) is 0. The lowest BCUT2D eigenvalue weighted by Gasteiger charge is -2.21. The van der Waals surface area contributed by atoms with Crippen molar-refractivity contribution in [2.45, 2.75) is 13.5 Å². The van der Waals surface area contributed by atoms with Gasteiger partial charge in [-0.2, -0.15) is 0 Å². The van der Waals surface area contributed by atoms with E-state index in [0.717, 1.165) is 0 Å². The third kappa shape index (κ3) is 3.67. The topological polar surface area (TPSA) is 76.3 Å². The van der Waals surface area contributed by atoms with E-state index in [-0.39, 0.29) is 18.1 Å². The van der Waals surface area contributed by atoms with Gasteiger partial charge in [-0.15, -0.1) is 0 Å². The van der Waals surface area contributed by atoms with Crippen LogP contribution in [0.2, 0.25) is 0 Å². The molecule has 0 spiro atoms. The summed E-state index contributed by atoms with van der Waals surface area (Å²) >= 11 is 3.28. The molecule has 0 aliphatic heterocycles. The van der Waals surface area contributed by atoms with Gasteiger partial charge in [-0.05, 0) is 28.9 Å². The van der Waals surface area contributed by atoms with Crippen LogP contribution in [-0.2, 0) is 6.54 Å². The van der Waals surface area contributed by atoms with Crippen LogP contribution in [0.4, 0.5) is 5.69 Å². The molecule has 1 amide bonds. The zero-order chi connectivity index (χ0) is 16.1. The van der Waals surface area contributed by atoms with Crippen LogP contribution in [0, 0.1) is 10.1 Å². The second-order valence-electron chi connectivity index (χ2n) is 4.60. The SMILES string of the molecule is CCN(Cc1ccccc1[N+](=O)[O-])C(=O)c1cncc(Br)c1. The maximum absolute atomic E-state index is 12.5. The van der Waals surface area contributed by atoms with E-state index in [1.54, 1.807) is 35.4 Å². The minimum Gasteiger partial charge on any atom is -0.334 e. The van der Waals surface area contributed by atoms with Gasteiger partial charge in [0.1, 0.15) is 0 Å². The molecule has 1 heterocycles. The van der Waals surface area contributed by atoms with Gasteiger partial charge in [-0.3, -0.25) is 19.9 Å². The molecule has 0 fully saturated rings. The molecule has 114 valence electrons. The lowest BCUT2D eigenvalue weighted by atomic mass is 10.1. The van der Waals surface area contributed by atoms with Gasteiger partial charge in [-0.25, -0.2) is 0 Å². The zero-order valence-electron chi connectivity index (χ0n) is 11.9. The highest BCUT2D eigenvalue weighted by molar-refractivity contribution is 9.10. The number of carbonyl (C=O) groups excluding carboxylic acids is 1. The number of para-hydroxylation sites is 1. The highest BCUT2D eigenvalue weighted by atomic mass is 79.9. The second-order valence-corrected chi connectivity index (χ2v) is 5.51. The minimum atomic E-state index is -0.436. The van der Waals surface area contributed by atoms with Gasteiger partial charge in [0.2, 0.25) is 0 Å². The standard InChI is InChI=1S/C15H14BrN3O3/c1-2-18(15(20)12-7-13(16)9-17-8-12)10-11-5-3-4-6-14(11)19(21)22/h3-9H,2,10H2,1H3. The van der Waals surface area contributed by atoms with Crippen molar-refractivity contribution in [1.29, 1.82) is 0 Å². The maximum Gasteiger partial charge on any atom is 0.274 e. The van der Waals surface area contributed by atoms with Gasteiger partial charge in [0, 0.05) is 35.0 Å². The maximum atomic E-state index is 12.5. The monoisotopic (exact) mass is 363 g/mol. The largest absolute Gasteiger partial charge is 0.334 e. The van der Waals surface area contributed by atoms with Crippen molar-refractivity contribution in [3.8, 4) is 0 Å². The highest BCUT2D eigenvalue weighted by Gasteiger charge is 2.19. The normalized spacial score (nSPS) is 10.3. The molecular formula is C15H14BrN3O3. The average molecular weight is 364 g/mol. The Balaban J connectivity index is 2.26. The van der Waals surface area contributed by atoms with Crippen LogP contribution in [0.3, 0.4) is 0 Å². The number of halogens is 1. The number of nitrogens with zero attached hydrogens (tertiary/aromatic N) is 3. The summed E-state index contributed by atoms with van der Waals surface area (Å²) in [6.45, 7) is 2.45. The third-order valence-electron chi connectivity index (χ3n) is 3.17. The van der Waals surface area contributed by atoms with Crippen molar-refractivity contribution in [3.05, 3.63) is 68.4 Å². The first-order valence-corrected chi connectivity index (χ1v) is 7.44. The molecule has 0 saturated heterocycles. The van der Waals surface area contributed by atoms with E-state index in [9.17, 15) is 14.9 Å². The molecule has 0 unspecified atom stereocenters. The zero-order valence-corrected chi connectivity index (χ0v) is 13.5. The van der Waals surface area contributed by atoms with Crippen molar-refractivity contribution in [2.24, 2.45) is 0 Å². The average Bonchev–Trinajstić information content (AvgIpc) is 2.52. The number of nitro groups is 1. The second kappa shape index (κ2) is 7.13. The van der Waals surface area contributed by atoms with E-state index in [2.05, 4.69) is 20.9 Å². The lowest BCUT2D eigenvalue weighted by molar-refractivity contribution is -0.385. The van der Waals surface area contributed by atoms with E-state index in [4.69, 9.17) is 0 Å². The first-order valence-electron chi connectivity index (χ1n) is 6.65. The van der Waals surface area contributed by atoms with Crippen LogP contribution < -0.4 is 0 Å². The third-order valence-corrected chi connectivity index (χ3v) is 3.60. The Morgan fingerprint density at radius 1 is 1.36 bits per heavy atom. The molecule has 2 aromatic rings. The smallest absolute Gasteiger partial charge is 0.274 e. The number of rotatable bonds is 5. The molecule has 1 aromatic heterocycles. The molecule has 2 rings (SSSR count). The molecule has 22 heavy (non-hydrogen) atoms. The van der Waals surface area contributed by atoms with E-state index >= 15 is 0 Å². The number of nitro benzene ring substituents is 1. The van der Waals surface area contributed by atoms with Crippen LogP contribution in [-0.4, -0.2) is 27.3 Å². The van der Waals surface area contributed by atoms with Gasteiger partial charge >= 0.3 is 0 Å². The molecule has 0 saturated carbocycles. The Morgan fingerprint density at radius 3 is 2.73 bits per heavy atom. The first-order chi connectivity index (χ1) is 10.5. The van der Waals surface area contributed by atoms with Crippen molar-refractivity contribution >= 4 is 27.5 Å². The molecule has 0 aliphatic rings. The number of amides is 1. The fourth-order valence-corrected chi connectivity index (χ4v) is 2.43. The van der Waals surface area contributed by atoms with Crippen LogP contribution in [0.15, 0.2) is 47.2 Å². The number of hydrogen-bond acceptors (Lipinski definition) is 4. The van der Waals surface area contributed by atoms with Crippen LogP contribution >= 0.6 is 15.9 Å². The van der Waals surface area contributed by atoms with Crippen molar-refractivity contribution in [3.63, 3.8) is 0 Å². The van der Waals surface area contributed by atoms with Crippen molar-refractivity contribution < 1.29 is 9.72 Å². The highest BCUT2D eigenvalue weighted by Crippen LogP contribution is 2.21. The summed E-state index contributed by atoms with van der Waals surface area (Å²) in [5.74, 6) is -0.213. The van der Waals surface area contributed by atoms with Crippen LogP contribution in [0.25, 0.3) is 0 Å². The summed E-state index contributed by atoms with van der Waals surface area (Å²) < 4.78 is 0.708. The number of aromatic nitrogens is 1. The summed E-state index contributed by atoms with van der Waals surface area (Å²) in [5, 5.41) is 11.1. The molecule has 0 radical (unpaired) electrons. The predicted molar refractivity (Wildman–Crippen MR) is 85.4 cm³/mol. The first kappa shape index (κ1) is 16.1. The quantitative estimate of drug-likeness (QED) is 0.602. The number of benzene rings is 1. The van der Waals surface area contributed by atoms with Crippen molar-refractivity contribution in [2.75, 3.05) is 6.54 Å². The van der Waals surface area contributed by atoms with Crippen molar-refractivity contribution in [1.82, 2.24) is 9.88 Å². The van der Waals surface area contributed by atoms with Gasteiger partial charge in [0.25, 0.3) is 11.6 Å². The Kier molecular flexibility index (Phi) is 5.21. The number of hydrogen-bond donors (Lipinski definition) is 0. The summed E-state index contributed by atoms with van der Waals surface area (Å²) in [6.07, 6.45) is 3.07. The Morgan fingerprint density at radius 2 is 2.09 bits per heavy atom. The van der Waals surface area contributed by atoms with Gasteiger partial charge in [-0.1, -0.05) is 18.2 Å². The molecule has 6 nitrogen and oxygen atoms in total. The van der Waals surface area contributed by atoms with E-state index < -0.39 is 4.92 Å². The molecule has 7 heteroatoms. The molecule has 0 atom stereocenters. The summed E-state index contributed by atoms with van der Waals surface area (Å²) in [5.41, 5.74) is 0.960. The van der Waals surface area contributed by atoms with Crippen LogP contribution in [0.5, 0.6) is 0 Å². The molecule has 1 aromatic carbocycles. The Bertz CT molecular complexity index is 706. The predicted octanol–water partition coefficient (Wildman–Crippen LogP) is 3.41. The van der Waals surface area contributed by atoms with Crippen LogP contribution in [0.1, 0.15) is 22.8 Å². The van der Waals surface area contributed by atoms with E-state index in [1.165, 1.54) is 12.3 Å². The fraction of sp³-hybridized carbons (Fsp3) is 0.200. The molecular weight excluding hydrogens is 350 g/mol. The molecule has 0 N–H and O–H groups in total. The Labute approximate surface area is 136 Å². The fourth-order valence-electron chi connectivity index (χ4n) is 2.07. The number of pyridine rings is 1. The molecule has 0 bridgehead atoms. The lowest BCUT2D eigenvalue weighted by Crippen LogP contribution is -2.30. The molecule has 0 aliphatic carbocycles. The minimum absolute atomic E-state index is 0.0149. The van der Waals surface area contributed by atoms with Gasteiger partial charge in [0.05, 0.1) is 17.0 Å². The Hall–Kier alpha value is -2.28. The van der Waals surface area contributed by atoms with Gasteiger partial charge < -0.3 is 4.90 Å². The van der Waals surface area contributed by atoms with E-state index in [0.29, 0.717) is 22.1 Å². The number of carbonyl (C=O) groups is 1.